The minimum Gasteiger partial charge on any atom is -0.399 e. The Labute approximate surface area is 124 Å². The summed E-state index contributed by atoms with van der Waals surface area (Å²) >= 11 is 1.57. The second kappa shape index (κ2) is 6.57. The molecule has 106 valence electrons. The summed E-state index contributed by atoms with van der Waals surface area (Å²) in [6.07, 6.45) is 0.948. The molecule has 4 heteroatoms. The fourth-order valence-electron chi connectivity index (χ4n) is 2.12. The van der Waals surface area contributed by atoms with Crippen LogP contribution >= 0.6 is 11.3 Å². The summed E-state index contributed by atoms with van der Waals surface area (Å²) in [6.45, 7) is 5.46. The number of thiophene rings is 1. The minimum absolute atomic E-state index is 0.113. The van der Waals surface area contributed by atoms with Crippen LogP contribution in [0.25, 0.3) is 0 Å². The van der Waals surface area contributed by atoms with Gasteiger partial charge in [0.1, 0.15) is 0 Å². The Morgan fingerprint density at radius 3 is 2.50 bits per heavy atom. The van der Waals surface area contributed by atoms with Crippen LogP contribution in [-0.2, 0) is 6.54 Å². The van der Waals surface area contributed by atoms with Crippen molar-refractivity contribution < 1.29 is 4.79 Å². The predicted octanol–water partition coefficient (Wildman–Crippen LogP) is 3.69. The third kappa shape index (κ3) is 3.39. The van der Waals surface area contributed by atoms with E-state index in [4.69, 9.17) is 5.73 Å². The molecule has 0 aliphatic carbocycles. The number of amides is 1. The topological polar surface area (TPSA) is 46.3 Å². The third-order valence-electron chi connectivity index (χ3n) is 3.22. The van der Waals surface area contributed by atoms with Crippen LogP contribution in [0, 0.1) is 6.92 Å². The fourth-order valence-corrected chi connectivity index (χ4v) is 2.94. The quantitative estimate of drug-likeness (QED) is 0.853. The highest BCUT2D eigenvalue weighted by Gasteiger charge is 2.17. The van der Waals surface area contributed by atoms with Crippen molar-refractivity contribution >= 4 is 22.9 Å². The number of anilines is 1. The summed E-state index contributed by atoms with van der Waals surface area (Å²) in [6, 6.07) is 7.71. The molecule has 0 aliphatic rings. The van der Waals surface area contributed by atoms with Gasteiger partial charge in [0.2, 0.25) is 0 Å². The number of nitrogens with two attached hydrogens (primary N) is 1. The van der Waals surface area contributed by atoms with Crippen LogP contribution in [0.5, 0.6) is 0 Å². The van der Waals surface area contributed by atoms with Crippen LogP contribution in [0.3, 0.4) is 0 Å². The Balaban J connectivity index is 2.16. The molecular formula is C16H20N2OS. The Bertz CT molecular complexity index is 574. The van der Waals surface area contributed by atoms with E-state index in [0.29, 0.717) is 6.54 Å². The van der Waals surface area contributed by atoms with Crippen molar-refractivity contribution in [3.8, 4) is 0 Å². The molecule has 20 heavy (non-hydrogen) atoms. The van der Waals surface area contributed by atoms with E-state index < -0.39 is 0 Å². The molecule has 0 unspecified atom stereocenters. The van der Waals surface area contributed by atoms with Crippen LogP contribution in [0.2, 0.25) is 0 Å². The maximum Gasteiger partial charge on any atom is 0.255 e. The molecule has 0 saturated heterocycles. The van der Waals surface area contributed by atoms with E-state index in [1.54, 1.807) is 11.3 Å². The fraction of sp³-hybridized carbons (Fsp3) is 0.312. The van der Waals surface area contributed by atoms with Gasteiger partial charge in [-0.3, -0.25) is 4.79 Å². The van der Waals surface area contributed by atoms with E-state index in [1.165, 1.54) is 0 Å². The molecule has 2 rings (SSSR count). The molecule has 2 aromatic rings. The Hall–Kier alpha value is -1.81. The molecule has 2 N–H and O–H groups in total. The maximum atomic E-state index is 12.6. The second-order valence-electron chi connectivity index (χ2n) is 4.94. The molecule has 0 spiro atoms. The summed E-state index contributed by atoms with van der Waals surface area (Å²) < 4.78 is 0. The number of nitrogens with zero attached hydrogens (tertiary/aromatic N) is 1. The standard InChI is InChI=1S/C16H20N2OS/c1-3-8-18(9-13-4-6-14(17)7-5-13)16(19)15-11-20-10-12(15)2/h4-7,10-11H,3,8-9,17H2,1-2H3. The van der Waals surface area contributed by atoms with Gasteiger partial charge in [-0.2, -0.15) is 11.3 Å². The van der Waals surface area contributed by atoms with E-state index in [2.05, 4.69) is 6.92 Å². The van der Waals surface area contributed by atoms with Gasteiger partial charge in [0, 0.05) is 24.2 Å². The molecule has 0 saturated carbocycles. The van der Waals surface area contributed by atoms with Crippen LogP contribution in [0.15, 0.2) is 35.0 Å². The van der Waals surface area contributed by atoms with Crippen molar-refractivity contribution in [2.75, 3.05) is 12.3 Å². The zero-order valence-corrected chi connectivity index (χ0v) is 12.7. The van der Waals surface area contributed by atoms with Crippen molar-refractivity contribution in [2.45, 2.75) is 26.8 Å². The van der Waals surface area contributed by atoms with Gasteiger partial charge in [-0.15, -0.1) is 0 Å². The first-order valence-corrected chi connectivity index (χ1v) is 7.72. The maximum absolute atomic E-state index is 12.6. The van der Waals surface area contributed by atoms with Gasteiger partial charge in [-0.25, -0.2) is 0 Å². The van der Waals surface area contributed by atoms with Gasteiger partial charge in [0.15, 0.2) is 0 Å². The van der Waals surface area contributed by atoms with Crippen molar-refractivity contribution in [3.63, 3.8) is 0 Å². The summed E-state index contributed by atoms with van der Waals surface area (Å²) in [5.74, 6) is 0.113. The molecule has 1 heterocycles. The van der Waals surface area contributed by atoms with E-state index in [9.17, 15) is 4.79 Å². The number of hydrogen-bond acceptors (Lipinski definition) is 3. The smallest absolute Gasteiger partial charge is 0.255 e. The average Bonchev–Trinajstić information content (AvgIpc) is 2.86. The van der Waals surface area contributed by atoms with Crippen LogP contribution in [0.4, 0.5) is 5.69 Å². The Morgan fingerprint density at radius 2 is 1.95 bits per heavy atom. The molecule has 0 fully saturated rings. The van der Waals surface area contributed by atoms with E-state index in [1.807, 2.05) is 46.8 Å². The summed E-state index contributed by atoms with van der Waals surface area (Å²) in [5.41, 5.74) is 9.42. The second-order valence-corrected chi connectivity index (χ2v) is 5.68. The molecule has 1 amide bonds. The zero-order valence-electron chi connectivity index (χ0n) is 11.9. The highest BCUT2D eigenvalue weighted by molar-refractivity contribution is 7.08. The van der Waals surface area contributed by atoms with Gasteiger partial charge in [-0.05, 0) is 42.0 Å². The van der Waals surface area contributed by atoms with E-state index in [-0.39, 0.29) is 5.91 Å². The molecule has 0 bridgehead atoms. The van der Waals surface area contributed by atoms with Gasteiger partial charge in [0.25, 0.3) is 5.91 Å². The highest BCUT2D eigenvalue weighted by atomic mass is 32.1. The lowest BCUT2D eigenvalue weighted by Gasteiger charge is -2.22. The first-order valence-electron chi connectivity index (χ1n) is 6.78. The van der Waals surface area contributed by atoms with Crippen LogP contribution in [-0.4, -0.2) is 17.4 Å². The number of carbonyl (C=O) groups is 1. The Morgan fingerprint density at radius 1 is 1.25 bits per heavy atom. The average molecular weight is 288 g/mol. The molecule has 1 aromatic carbocycles. The summed E-state index contributed by atoms with van der Waals surface area (Å²) in [5, 5.41) is 3.95. The van der Waals surface area contributed by atoms with Crippen molar-refractivity contribution in [3.05, 3.63) is 51.7 Å². The lowest BCUT2D eigenvalue weighted by molar-refractivity contribution is 0.0743. The van der Waals surface area contributed by atoms with Gasteiger partial charge in [-0.1, -0.05) is 19.1 Å². The van der Waals surface area contributed by atoms with Crippen LogP contribution < -0.4 is 5.73 Å². The lowest BCUT2D eigenvalue weighted by Crippen LogP contribution is -2.31. The first-order chi connectivity index (χ1) is 9.61. The van der Waals surface area contributed by atoms with E-state index >= 15 is 0 Å². The molecule has 1 aromatic heterocycles. The monoisotopic (exact) mass is 288 g/mol. The van der Waals surface area contributed by atoms with Gasteiger partial charge in [0.05, 0.1) is 5.56 Å². The number of carbonyl (C=O) groups excluding carboxylic acids is 1. The lowest BCUT2D eigenvalue weighted by atomic mass is 10.1. The number of hydrogen-bond donors (Lipinski definition) is 1. The minimum atomic E-state index is 0.113. The van der Waals surface area contributed by atoms with Gasteiger partial charge < -0.3 is 10.6 Å². The largest absolute Gasteiger partial charge is 0.399 e. The van der Waals surface area contributed by atoms with Crippen molar-refractivity contribution in [1.29, 1.82) is 0 Å². The molecule has 3 nitrogen and oxygen atoms in total. The molecule has 0 aliphatic heterocycles. The number of nitrogen functional groups attached to an aromatic ring is 1. The van der Waals surface area contributed by atoms with Crippen molar-refractivity contribution in [1.82, 2.24) is 4.90 Å². The Kier molecular flexibility index (Phi) is 4.79. The van der Waals surface area contributed by atoms with E-state index in [0.717, 1.165) is 35.3 Å². The summed E-state index contributed by atoms with van der Waals surface area (Å²) in [4.78, 5) is 14.5. The van der Waals surface area contributed by atoms with Gasteiger partial charge >= 0.3 is 0 Å². The molecular weight excluding hydrogens is 268 g/mol. The highest BCUT2D eigenvalue weighted by Crippen LogP contribution is 2.18. The number of rotatable bonds is 5. The number of benzene rings is 1. The number of aryl methyl sites for hydroxylation is 1. The van der Waals surface area contributed by atoms with Crippen molar-refractivity contribution in [2.24, 2.45) is 0 Å². The predicted molar refractivity (Wildman–Crippen MR) is 84.9 cm³/mol. The summed E-state index contributed by atoms with van der Waals surface area (Å²) in [7, 11) is 0. The molecule has 0 radical (unpaired) electrons. The third-order valence-corrected chi connectivity index (χ3v) is 4.08. The normalized spacial score (nSPS) is 10.5. The first kappa shape index (κ1) is 14.6. The SMILES string of the molecule is CCCN(Cc1ccc(N)cc1)C(=O)c1cscc1C. The zero-order chi connectivity index (χ0) is 14.5. The molecule has 0 atom stereocenters. The van der Waals surface area contributed by atoms with Crippen LogP contribution in [0.1, 0.15) is 34.8 Å².